The maximum Gasteiger partial charge on any atom is 0.242 e. The number of aromatic nitrogens is 1. The molecule has 0 unspecified atom stereocenters. The van der Waals surface area contributed by atoms with Crippen molar-refractivity contribution >= 4 is 26.6 Å². The van der Waals surface area contributed by atoms with Crippen LogP contribution in [0.15, 0.2) is 30.3 Å². The van der Waals surface area contributed by atoms with Crippen LogP contribution < -0.4 is 0 Å². The van der Waals surface area contributed by atoms with Crippen molar-refractivity contribution in [2.24, 2.45) is 0 Å². The monoisotopic (exact) mass is 348 g/mol. The van der Waals surface area contributed by atoms with Gasteiger partial charge in [-0.05, 0) is 43.7 Å². The van der Waals surface area contributed by atoms with E-state index >= 15 is 0 Å². The lowest BCUT2D eigenvalue weighted by molar-refractivity contribution is -0.132. The molecule has 0 bridgehead atoms. The Labute approximate surface area is 143 Å². The normalized spacial score (nSPS) is 21.3. The Hall–Kier alpha value is -1.82. The standard InChI is InChI=1S/C18H24N2O3S/c1-13-11-14-7-4-5-8-15(14)20(13)12-18(21)19(2)16-9-6-10-17(16)24(3,22)23/h4-5,7-8,11,16-17H,6,9-10,12H2,1-3H3/t16-,17-/m0/s1. The lowest BCUT2D eigenvalue weighted by Gasteiger charge is -2.29. The molecule has 0 aliphatic heterocycles. The summed E-state index contributed by atoms with van der Waals surface area (Å²) in [4.78, 5) is 14.4. The molecule has 3 rings (SSSR count). The SMILES string of the molecule is Cc1cc2ccccc2n1CC(=O)N(C)[C@H]1CCC[C@@H]1S(C)(=O)=O. The van der Waals surface area contributed by atoms with Gasteiger partial charge in [-0.25, -0.2) is 8.42 Å². The predicted molar refractivity (Wildman–Crippen MR) is 95.7 cm³/mol. The molecule has 0 N–H and O–H groups in total. The average molecular weight is 348 g/mol. The van der Waals surface area contributed by atoms with Crippen molar-refractivity contribution in [2.45, 2.75) is 44.0 Å². The zero-order chi connectivity index (χ0) is 17.5. The molecule has 1 aliphatic rings. The molecular weight excluding hydrogens is 324 g/mol. The number of hydrogen-bond acceptors (Lipinski definition) is 3. The Morgan fingerprint density at radius 3 is 2.71 bits per heavy atom. The summed E-state index contributed by atoms with van der Waals surface area (Å²) in [5.74, 6) is -0.0417. The van der Waals surface area contributed by atoms with Gasteiger partial charge in [-0.3, -0.25) is 4.79 Å². The van der Waals surface area contributed by atoms with Gasteiger partial charge in [0.05, 0.1) is 5.25 Å². The highest BCUT2D eigenvalue weighted by Gasteiger charge is 2.38. The van der Waals surface area contributed by atoms with E-state index in [0.29, 0.717) is 6.42 Å². The molecule has 5 nitrogen and oxygen atoms in total. The number of aryl methyl sites for hydroxylation is 1. The number of likely N-dealkylation sites (N-methyl/N-ethyl adjacent to an activating group) is 1. The van der Waals surface area contributed by atoms with E-state index < -0.39 is 15.1 Å². The molecular formula is C18H24N2O3S. The van der Waals surface area contributed by atoms with Crippen molar-refractivity contribution in [2.75, 3.05) is 13.3 Å². The quantitative estimate of drug-likeness (QED) is 0.852. The first kappa shape index (κ1) is 17.0. The molecule has 1 heterocycles. The molecule has 0 spiro atoms. The fourth-order valence-corrected chi connectivity index (χ4v) is 5.32. The third kappa shape index (κ3) is 3.07. The topological polar surface area (TPSA) is 59.4 Å². The summed E-state index contributed by atoms with van der Waals surface area (Å²) >= 11 is 0. The number of fused-ring (bicyclic) bond motifs is 1. The molecule has 24 heavy (non-hydrogen) atoms. The molecule has 1 aromatic carbocycles. The van der Waals surface area contributed by atoms with Crippen LogP contribution in [0.4, 0.5) is 0 Å². The van der Waals surface area contributed by atoms with Gasteiger partial charge in [0.2, 0.25) is 5.91 Å². The summed E-state index contributed by atoms with van der Waals surface area (Å²) in [6, 6.07) is 9.83. The van der Waals surface area contributed by atoms with E-state index in [4.69, 9.17) is 0 Å². The highest BCUT2D eigenvalue weighted by atomic mass is 32.2. The molecule has 1 amide bonds. The second kappa shape index (κ2) is 6.24. The van der Waals surface area contributed by atoms with Gasteiger partial charge in [0.15, 0.2) is 9.84 Å². The molecule has 1 aliphatic carbocycles. The molecule has 130 valence electrons. The first-order valence-corrected chi connectivity index (χ1v) is 10.2. The number of benzene rings is 1. The van der Waals surface area contributed by atoms with Crippen molar-refractivity contribution in [1.82, 2.24) is 9.47 Å². The Kier molecular flexibility index (Phi) is 4.42. The summed E-state index contributed by atoms with van der Waals surface area (Å²) in [6.07, 6.45) is 3.53. The number of rotatable bonds is 4. The van der Waals surface area contributed by atoms with Gasteiger partial charge in [0, 0.05) is 30.6 Å². The fourth-order valence-electron chi connectivity index (χ4n) is 3.84. The van der Waals surface area contributed by atoms with Crippen LogP contribution in [-0.2, 0) is 21.2 Å². The number of nitrogens with zero attached hydrogens (tertiary/aromatic N) is 2. The summed E-state index contributed by atoms with van der Waals surface area (Å²) in [5, 5.41) is 0.675. The number of hydrogen-bond donors (Lipinski definition) is 0. The van der Waals surface area contributed by atoms with Crippen LogP contribution in [-0.4, -0.2) is 48.4 Å². The molecule has 1 fully saturated rings. The first-order chi connectivity index (χ1) is 11.3. The Bertz CT molecular complexity index is 870. The number of para-hydroxylation sites is 1. The van der Waals surface area contributed by atoms with E-state index in [1.165, 1.54) is 6.26 Å². The van der Waals surface area contributed by atoms with Crippen LogP contribution in [0.5, 0.6) is 0 Å². The van der Waals surface area contributed by atoms with E-state index in [-0.39, 0.29) is 18.5 Å². The van der Waals surface area contributed by atoms with Gasteiger partial charge in [-0.15, -0.1) is 0 Å². The fraction of sp³-hybridized carbons (Fsp3) is 0.500. The molecule has 6 heteroatoms. The zero-order valence-corrected chi connectivity index (χ0v) is 15.2. The molecule has 2 atom stereocenters. The van der Waals surface area contributed by atoms with Crippen LogP contribution in [0.3, 0.4) is 0 Å². The minimum Gasteiger partial charge on any atom is -0.340 e. The zero-order valence-electron chi connectivity index (χ0n) is 14.4. The molecule has 0 saturated heterocycles. The van der Waals surface area contributed by atoms with Crippen molar-refractivity contribution in [3.8, 4) is 0 Å². The highest BCUT2D eigenvalue weighted by molar-refractivity contribution is 7.91. The summed E-state index contributed by atoms with van der Waals surface area (Å²) in [5.41, 5.74) is 2.06. The van der Waals surface area contributed by atoms with Crippen molar-refractivity contribution in [3.63, 3.8) is 0 Å². The van der Waals surface area contributed by atoms with Crippen molar-refractivity contribution < 1.29 is 13.2 Å². The van der Waals surface area contributed by atoms with E-state index in [2.05, 4.69) is 6.07 Å². The Morgan fingerprint density at radius 1 is 1.29 bits per heavy atom. The second-order valence-corrected chi connectivity index (χ2v) is 9.07. The number of sulfone groups is 1. The number of carbonyl (C=O) groups is 1. The molecule has 1 saturated carbocycles. The molecule has 1 aromatic heterocycles. The Balaban J connectivity index is 1.83. The van der Waals surface area contributed by atoms with Crippen LogP contribution >= 0.6 is 0 Å². The van der Waals surface area contributed by atoms with E-state index in [1.807, 2.05) is 35.8 Å². The second-order valence-electron chi connectivity index (χ2n) is 6.80. The third-order valence-electron chi connectivity index (χ3n) is 5.17. The van der Waals surface area contributed by atoms with Crippen LogP contribution in [0, 0.1) is 6.92 Å². The smallest absolute Gasteiger partial charge is 0.242 e. The minimum absolute atomic E-state index is 0.0417. The Morgan fingerprint density at radius 2 is 2.00 bits per heavy atom. The van der Waals surface area contributed by atoms with Gasteiger partial charge >= 0.3 is 0 Å². The highest BCUT2D eigenvalue weighted by Crippen LogP contribution is 2.29. The van der Waals surface area contributed by atoms with Gasteiger partial charge in [-0.1, -0.05) is 18.2 Å². The van der Waals surface area contributed by atoms with Gasteiger partial charge in [0.25, 0.3) is 0 Å². The van der Waals surface area contributed by atoms with Crippen molar-refractivity contribution in [1.29, 1.82) is 0 Å². The maximum absolute atomic E-state index is 12.8. The summed E-state index contributed by atoms with van der Waals surface area (Å²) in [6.45, 7) is 2.23. The third-order valence-corrected chi connectivity index (χ3v) is 6.82. The number of amides is 1. The maximum atomic E-state index is 12.8. The van der Waals surface area contributed by atoms with Gasteiger partial charge in [-0.2, -0.15) is 0 Å². The van der Waals surface area contributed by atoms with E-state index in [1.54, 1.807) is 11.9 Å². The molecule has 0 radical (unpaired) electrons. The van der Waals surface area contributed by atoms with Crippen molar-refractivity contribution in [3.05, 3.63) is 36.0 Å². The van der Waals surface area contributed by atoms with Gasteiger partial charge in [0.1, 0.15) is 6.54 Å². The number of carbonyl (C=O) groups excluding carboxylic acids is 1. The lowest BCUT2D eigenvalue weighted by Crippen LogP contribution is -2.45. The summed E-state index contributed by atoms with van der Waals surface area (Å²) < 4.78 is 25.9. The minimum atomic E-state index is -3.14. The molecule has 2 aromatic rings. The van der Waals surface area contributed by atoms with Crippen LogP contribution in [0.1, 0.15) is 25.0 Å². The largest absolute Gasteiger partial charge is 0.340 e. The van der Waals surface area contributed by atoms with Crippen LogP contribution in [0.2, 0.25) is 0 Å². The van der Waals surface area contributed by atoms with Gasteiger partial charge < -0.3 is 9.47 Å². The summed E-state index contributed by atoms with van der Waals surface area (Å²) in [7, 11) is -1.40. The van der Waals surface area contributed by atoms with E-state index in [0.717, 1.165) is 29.4 Å². The first-order valence-electron chi connectivity index (χ1n) is 8.28. The van der Waals surface area contributed by atoms with Crippen LogP contribution in [0.25, 0.3) is 10.9 Å². The van der Waals surface area contributed by atoms with E-state index in [9.17, 15) is 13.2 Å². The lowest BCUT2D eigenvalue weighted by atomic mass is 10.2. The predicted octanol–water partition coefficient (Wildman–Crippen LogP) is 2.37. The average Bonchev–Trinajstić information content (AvgIpc) is 3.12.